The first-order valence-corrected chi connectivity index (χ1v) is 7.74. The van der Waals surface area contributed by atoms with Crippen molar-refractivity contribution >= 4 is 16.3 Å². The molecule has 0 aromatic carbocycles. The highest BCUT2D eigenvalue weighted by Crippen LogP contribution is 2.34. The third kappa shape index (κ3) is 2.19. The zero-order valence-corrected chi connectivity index (χ0v) is 11.9. The van der Waals surface area contributed by atoms with Gasteiger partial charge in [0.1, 0.15) is 0 Å². The molecule has 0 bridgehead atoms. The Kier molecular flexibility index (Phi) is 3.39. The lowest BCUT2D eigenvalue weighted by Gasteiger charge is -2.26. The Hall–Kier alpha value is -0.870. The maximum absolute atomic E-state index is 4.70. The summed E-state index contributed by atoms with van der Waals surface area (Å²) in [7, 11) is 2.09. The number of thiazole rings is 1. The molecule has 0 aliphatic heterocycles. The third-order valence-corrected chi connectivity index (χ3v) is 5.16. The second-order valence-corrected chi connectivity index (χ2v) is 6.37. The van der Waals surface area contributed by atoms with Crippen molar-refractivity contribution in [2.24, 2.45) is 11.8 Å². The van der Waals surface area contributed by atoms with Crippen LogP contribution in [0.5, 0.6) is 0 Å². The summed E-state index contributed by atoms with van der Waals surface area (Å²) in [6.07, 6.45) is 9.47. The Morgan fingerprint density at radius 1 is 1.56 bits per heavy atom. The van der Waals surface area contributed by atoms with E-state index >= 15 is 0 Å². The Labute approximate surface area is 112 Å². The van der Waals surface area contributed by atoms with Crippen molar-refractivity contribution in [3.8, 4) is 0 Å². The Morgan fingerprint density at radius 3 is 3.11 bits per heavy atom. The van der Waals surface area contributed by atoms with Crippen molar-refractivity contribution in [3.05, 3.63) is 23.5 Å². The summed E-state index contributed by atoms with van der Waals surface area (Å²) in [4.78, 5) is 5.81. The largest absolute Gasteiger partial charge is 0.316 e. The second-order valence-electron chi connectivity index (χ2n) is 5.50. The van der Waals surface area contributed by atoms with Gasteiger partial charge in [0.25, 0.3) is 0 Å². The van der Waals surface area contributed by atoms with Crippen LogP contribution in [0.2, 0.25) is 0 Å². The van der Waals surface area contributed by atoms with Crippen LogP contribution in [-0.4, -0.2) is 22.5 Å². The van der Waals surface area contributed by atoms with Gasteiger partial charge in [0.05, 0.1) is 5.69 Å². The van der Waals surface area contributed by atoms with Gasteiger partial charge in [0, 0.05) is 30.2 Å². The molecule has 0 radical (unpaired) electrons. The van der Waals surface area contributed by atoms with Crippen molar-refractivity contribution in [3.63, 3.8) is 0 Å². The van der Waals surface area contributed by atoms with Crippen LogP contribution in [0.15, 0.2) is 17.8 Å². The standard InChI is InChI=1S/C14H21N3S/c1-10-4-3-5-12(10)13(15-2)8-11-9-17-6-7-18-14(17)16-11/h6-7,9-10,12-13,15H,3-5,8H2,1-2H3. The molecule has 2 aromatic rings. The Morgan fingerprint density at radius 2 is 2.44 bits per heavy atom. The smallest absolute Gasteiger partial charge is 0.193 e. The number of nitrogens with one attached hydrogen (secondary N) is 1. The molecule has 3 nitrogen and oxygen atoms in total. The minimum Gasteiger partial charge on any atom is -0.316 e. The van der Waals surface area contributed by atoms with Crippen molar-refractivity contribution in [1.82, 2.24) is 14.7 Å². The summed E-state index contributed by atoms with van der Waals surface area (Å²) < 4.78 is 2.13. The molecule has 1 saturated carbocycles. The average Bonchev–Trinajstić information content (AvgIpc) is 3.01. The summed E-state index contributed by atoms with van der Waals surface area (Å²) in [6, 6.07) is 0.576. The fourth-order valence-electron chi connectivity index (χ4n) is 3.34. The molecule has 1 aliphatic rings. The zero-order valence-electron chi connectivity index (χ0n) is 11.1. The number of hydrogen-bond acceptors (Lipinski definition) is 3. The summed E-state index contributed by atoms with van der Waals surface area (Å²) in [5.41, 5.74) is 1.22. The van der Waals surface area contributed by atoms with Crippen LogP contribution in [-0.2, 0) is 6.42 Å². The van der Waals surface area contributed by atoms with E-state index in [2.05, 4.69) is 41.5 Å². The molecule has 3 atom stereocenters. The molecule has 2 heterocycles. The number of fused-ring (bicyclic) bond motifs is 1. The topological polar surface area (TPSA) is 29.3 Å². The first-order chi connectivity index (χ1) is 8.78. The molecule has 98 valence electrons. The Balaban J connectivity index is 1.75. The zero-order chi connectivity index (χ0) is 12.5. The van der Waals surface area contributed by atoms with Gasteiger partial charge in [-0.3, -0.25) is 4.40 Å². The van der Waals surface area contributed by atoms with E-state index in [1.165, 1.54) is 25.0 Å². The van der Waals surface area contributed by atoms with Crippen LogP contribution in [0.25, 0.3) is 4.96 Å². The second kappa shape index (κ2) is 5.02. The molecule has 0 spiro atoms. The minimum atomic E-state index is 0.576. The number of rotatable bonds is 4. The third-order valence-electron chi connectivity index (χ3n) is 4.39. The predicted molar refractivity (Wildman–Crippen MR) is 76.1 cm³/mol. The van der Waals surface area contributed by atoms with Crippen LogP contribution in [0, 0.1) is 11.8 Å². The van der Waals surface area contributed by atoms with Crippen molar-refractivity contribution in [2.45, 2.75) is 38.6 Å². The lowest BCUT2D eigenvalue weighted by Crippen LogP contribution is -2.36. The van der Waals surface area contributed by atoms with Gasteiger partial charge in [0.15, 0.2) is 4.96 Å². The van der Waals surface area contributed by atoms with Crippen LogP contribution in [0.3, 0.4) is 0 Å². The SMILES string of the molecule is CNC(Cc1cn2ccsc2n1)C1CCCC1C. The number of aromatic nitrogens is 2. The maximum atomic E-state index is 4.70. The van der Waals surface area contributed by atoms with Gasteiger partial charge in [-0.2, -0.15) is 0 Å². The minimum absolute atomic E-state index is 0.576. The van der Waals surface area contributed by atoms with E-state index < -0.39 is 0 Å². The van der Waals surface area contributed by atoms with Gasteiger partial charge in [-0.1, -0.05) is 19.8 Å². The number of likely N-dealkylation sites (N-methyl/N-ethyl adjacent to an activating group) is 1. The lowest BCUT2D eigenvalue weighted by molar-refractivity contribution is 0.307. The van der Waals surface area contributed by atoms with Gasteiger partial charge in [-0.05, 0) is 25.3 Å². The molecular formula is C14H21N3S. The predicted octanol–water partition coefficient (Wildman–Crippen LogP) is 2.96. The molecule has 4 heteroatoms. The van der Waals surface area contributed by atoms with Crippen LogP contribution in [0.4, 0.5) is 0 Å². The van der Waals surface area contributed by atoms with Crippen LogP contribution < -0.4 is 5.32 Å². The van der Waals surface area contributed by atoms with Gasteiger partial charge in [-0.25, -0.2) is 4.98 Å². The van der Waals surface area contributed by atoms with E-state index in [0.29, 0.717) is 6.04 Å². The van der Waals surface area contributed by atoms with E-state index in [1.54, 1.807) is 11.3 Å². The monoisotopic (exact) mass is 263 g/mol. The highest BCUT2D eigenvalue weighted by molar-refractivity contribution is 7.15. The maximum Gasteiger partial charge on any atom is 0.193 e. The molecular weight excluding hydrogens is 242 g/mol. The van der Waals surface area contributed by atoms with Crippen LogP contribution >= 0.6 is 11.3 Å². The summed E-state index contributed by atoms with van der Waals surface area (Å²) in [5.74, 6) is 1.67. The number of nitrogens with zero attached hydrogens (tertiary/aromatic N) is 2. The highest BCUT2D eigenvalue weighted by Gasteiger charge is 2.30. The number of imidazole rings is 1. The molecule has 2 aromatic heterocycles. The highest BCUT2D eigenvalue weighted by atomic mass is 32.1. The van der Waals surface area contributed by atoms with E-state index in [0.717, 1.165) is 23.2 Å². The average molecular weight is 263 g/mol. The first-order valence-electron chi connectivity index (χ1n) is 6.86. The van der Waals surface area contributed by atoms with E-state index in [4.69, 9.17) is 4.98 Å². The number of hydrogen-bond donors (Lipinski definition) is 1. The summed E-state index contributed by atoms with van der Waals surface area (Å²) in [6.45, 7) is 2.40. The molecule has 3 rings (SSSR count). The summed E-state index contributed by atoms with van der Waals surface area (Å²) in [5, 5.41) is 5.60. The molecule has 1 aliphatic carbocycles. The Bertz CT molecular complexity index is 487. The fraction of sp³-hybridized carbons (Fsp3) is 0.643. The quantitative estimate of drug-likeness (QED) is 0.919. The molecule has 1 fully saturated rings. The fourth-order valence-corrected chi connectivity index (χ4v) is 4.06. The van der Waals surface area contributed by atoms with E-state index in [-0.39, 0.29) is 0 Å². The first kappa shape index (κ1) is 12.2. The van der Waals surface area contributed by atoms with Gasteiger partial charge in [0.2, 0.25) is 0 Å². The molecule has 1 N–H and O–H groups in total. The van der Waals surface area contributed by atoms with Crippen molar-refractivity contribution in [1.29, 1.82) is 0 Å². The van der Waals surface area contributed by atoms with E-state index in [9.17, 15) is 0 Å². The lowest BCUT2D eigenvalue weighted by atomic mass is 9.88. The van der Waals surface area contributed by atoms with E-state index in [1.807, 2.05) is 0 Å². The van der Waals surface area contributed by atoms with Gasteiger partial charge in [-0.15, -0.1) is 11.3 Å². The van der Waals surface area contributed by atoms with Crippen LogP contribution in [0.1, 0.15) is 31.9 Å². The van der Waals surface area contributed by atoms with Crippen molar-refractivity contribution < 1.29 is 0 Å². The molecule has 0 saturated heterocycles. The van der Waals surface area contributed by atoms with Gasteiger partial charge >= 0.3 is 0 Å². The normalized spacial score (nSPS) is 25.9. The molecule has 3 unspecified atom stereocenters. The van der Waals surface area contributed by atoms with Gasteiger partial charge < -0.3 is 5.32 Å². The van der Waals surface area contributed by atoms with Crippen molar-refractivity contribution in [2.75, 3.05) is 7.05 Å². The molecule has 0 amide bonds. The molecule has 18 heavy (non-hydrogen) atoms. The summed E-state index contributed by atoms with van der Waals surface area (Å²) >= 11 is 1.71.